The number of rotatable bonds is 3. The average molecular weight is 237 g/mol. The first kappa shape index (κ1) is 10.7. The van der Waals surface area contributed by atoms with E-state index in [1.807, 2.05) is 12.1 Å². The van der Waals surface area contributed by atoms with E-state index in [1.165, 1.54) is 12.4 Å². The normalized spacial score (nSPS) is 9.88. The lowest BCUT2D eigenvalue weighted by atomic mass is 10.3. The molecule has 82 valence electrons. The first-order valence-corrected chi connectivity index (χ1v) is 4.95. The zero-order valence-electron chi connectivity index (χ0n) is 8.55. The van der Waals surface area contributed by atoms with Gasteiger partial charge in [0.1, 0.15) is 11.5 Å². The van der Waals surface area contributed by atoms with Crippen LogP contribution in [0.25, 0.3) is 0 Å². The molecule has 1 aromatic heterocycles. The lowest BCUT2D eigenvalue weighted by molar-refractivity contribution is 0.404. The van der Waals surface area contributed by atoms with Gasteiger partial charge in [-0.05, 0) is 12.1 Å². The zero-order valence-corrected chi connectivity index (χ0v) is 9.31. The van der Waals surface area contributed by atoms with Crippen LogP contribution in [0.1, 0.15) is 0 Å². The van der Waals surface area contributed by atoms with Crippen molar-refractivity contribution < 1.29 is 9.47 Å². The second kappa shape index (κ2) is 4.81. The molecule has 0 amide bonds. The molecule has 0 aliphatic rings. The number of hydrogen-bond donors (Lipinski definition) is 0. The topological polar surface area (TPSA) is 44.2 Å². The Bertz CT molecular complexity index is 474. The molecule has 16 heavy (non-hydrogen) atoms. The van der Waals surface area contributed by atoms with Crippen molar-refractivity contribution in [3.8, 4) is 17.5 Å². The summed E-state index contributed by atoms with van der Waals surface area (Å²) in [7, 11) is 1.60. The summed E-state index contributed by atoms with van der Waals surface area (Å²) < 4.78 is 10.5. The van der Waals surface area contributed by atoms with Crippen molar-refractivity contribution in [2.24, 2.45) is 0 Å². The average Bonchev–Trinajstić information content (AvgIpc) is 2.32. The molecule has 1 heterocycles. The third-order valence-electron chi connectivity index (χ3n) is 1.85. The Hall–Kier alpha value is -1.81. The maximum atomic E-state index is 5.66. The van der Waals surface area contributed by atoms with Gasteiger partial charge in [-0.2, -0.15) is 0 Å². The molecule has 0 fully saturated rings. The number of nitrogens with zero attached hydrogens (tertiary/aromatic N) is 2. The summed E-state index contributed by atoms with van der Waals surface area (Å²) in [6, 6.07) is 7.44. The van der Waals surface area contributed by atoms with Crippen molar-refractivity contribution in [3.05, 3.63) is 41.7 Å². The molecule has 0 saturated heterocycles. The van der Waals surface area contributed by atoms with E-state index in [4.69, 9.17) is 21.1 Å². The minimum Gasteiger partial charge on any atom is -0.497 e. The molecule has 0 atom stereocenters. The van der Waals surface area contributed by atoms with Crippen molar-refractivity contribution in [1.82, 2.24) is 9.97 Å². The maximum absolute atomic E-state index is 5.66. The van der Waals surface area contributed by atoms with Gasteiger partial charge in [-0.25, -0.2) is 9.97 Å². The molecule has 5 heteroatoms. The highest BCUT2D eigenvalue weighted by molar-refractivity contribution is 6.30. The molecule has 2 aromatic rings. The van der Waals surface area contributed by atoms with Gasteiger partial charge in [-0.3, -0.25) is 0 Å². The first-order chi connectivity index (χ1) is 7.78. The van der Waals surface area contributed by atoms with Gasteiger partial charge in [0.05, 0.1) is 24.5 Å². The van der Waals surface area contributed by atoms with Crippen molar-refractivity contribution in [3.63, 3.8) is 0 Å². The number of halogens is 1. The minimum absolute atomic E-state index is 0.248. The number of benzene rings is 1. The number of methoxy groups -OCH3 is 1. The predicted molar refractivity (Wildman–Crippen MR) is 60.1 cm³/mol. The zero-order chi connectivity index (χ0) is 11.4. The van der Waals surface area contributed by atoms with Crippen LogP contribution in [0.5, 0.6) is 17.5 Å². The molecular formula is C11H9ClN2O2. The largest absolute Gasteiger partial charge is 0.497 e. The fourth-order valence-corrected chi connectivity index (χ4v) is 1.22. The summed E-state index contributed by atoms with van der Waals surface area (Å²) in [5.74, 6) is 1.33. The van der Waals surface area contributed by atoms with Gasteiger partial charge in [-0.15, -0.1) is 0 Å². The molecule has 0 aliphatic heterocycles. The van der Waals surface area contributed by atoms with Crippen LogP contribution in [0.4, 0.5) is 0 Å². The molecule has 0 N–H and O–H groups in total. The molecule has 0 saturated carbocycles. The van der Waals surface area contributed by atoms with Crippen molar-refractivity contribution in [2.45, 2.75) is 0 Å². The van der Waals surface area contributed by atoms with E-state index in [0.29, 0.717) is 16.5 Å². The third kappa shape index (κ3) is 2.61. The molecule has 0 unspecified atom stereocenters. The highest BCUT2D eigenvalue weighted by atomic mass is 35.5. The standard InChI is InChI=1S/C11H9ClN2O2/c1-15-9-3-2-4-10(5-9)16-11-13-6-8(12)7-14-11/h2-7H,1H3. The monoisotopic (exact) mass is 236 g/mol. The Balaban J connectivity index is 2.16. The summed E-state index contributed by atoms with van der Waals surface area (Å²) in [6.45, 7) is 0. The Labute approximate surface area is 97.8 Å². The fourth-order valence-electron chi connectivity index (χ4n) is 1.12. The Kier molecular flexibility index (Phi) is 3.22. The van der Waals surface area contributed by atoms with Crippen LogP contribution in [0.15, 0.2) is 36.7 Å². The summed E-state index contributed by atoms with van der Waals surface area (Å²) in [5.41, 5.74) is 0. The number of ether oxygens (including phenoxy) is 2. The fraction of sp³-hybridized carbons (Fsp3) is 0.0909. The third-order valence-corrected chi connectivity index (χ3v) is 2.04. The smallest absolute Gasteiger partial charge is 0.321 e. The highest BCUT2D eigenvalue weighted by Crippen LogP contribution is 2.22. The van der Waals surface area contributed by atoms with Crippen LogP contribution in [0.3, 0.4) is 0 Å². The second-order valence-electron chi connectivity index (χ2n) is 2.96. The van der Waals surface area contributed by atoms with Crippen LogP contribution >= 0.6 is 11.6 Å². The van der Waals surface area contributed by atoms with E-state index in [-0.39, 0.29) is 6.01 Å². The van der Waals surface area contributed by atoms with E-state index < -0.39 is 0 Å². The summed E-state index contributed by atoms with van der Waals surface area (Å²) in [5, 5.41) is 0.470. The molecule has 0 aliphatic carbocycles. The summed E-state index contributed by atoms with van der Waals surface area (Å²) >= 11 is 5.66. The first-order valence-electron chi connectivity index (χ1n) is 4.57. The SMILES string of the molecule is COc1cccc(Oc2ncc(Cl)cn2)c1. The lowest BCUT2D eigenvalue weighted by Gasteiger charge is -2.04. The lowest BCUT2D eigenvalue weighted by Crippen LogP contribution is -1.91. The van der Waals surface area contributed by atoms with Crippen LogP contribution in [-0.4, -0.2) is 17.1 Å². The quantitative estimate of drug-likeness (QED) is 0.822. The van der Waals surface area contributed by atoms with Crippen LogP contribution in [0, 0.1) is 0 Å². The highest BCUT2D eigenvalue weighted by Gasteiger charge is 2.01. The van der Waals surface area contributed by atoms with E-state index in [0.717, 1.165) is 0 Å². The van der Waals surface area contributed by atoms with E-state index >= 15 is 0 Å². The van der Waals surface area contributed by atoms with Gasteiger partial charge in [-0.1, -0.05) is 17.7 Å². The number of aromatic nitrogens is 2. The molecular weight excluding hydrogens is 228 g/mol. The molecule has 4 nitrogen and oxygen atoms in total. The van der Waals surface area contributed by atoms with Gasteiger partial charge in [0.2, 0.25) is 0 Å². The van der Waals surface area contributed by atoms with Gasteiger partial charge in [0.25, 0.3) is 0 Å². The number of hydrogen-bond acceptors (Lipinski definition) is 4. The Morgan fingerprint density at radius 2 is 1.81 bits per heavy atom. The van der Waals surface area contributed by atoms with E-state index in [9.17, 15) is 0 Å². The van der Waals surface area contributed by atoms with Crippen molar-refractivity contribution in [2.75, 3.05) is 7.11 Å². The molecule has 2 rings (SSSR count). The van der Waals surface area contributed by atoms with Crippen molar-refractivity contribution >= 4 is 11.6 Å². The van der Waals surface area contributed by atoms with Gasteiger partial charge >= 0.3 is 6.01 Å². The predicted octanol–water partition coefficient (Wildman–Crippen LogP) is 2.93. The summed E-state index contributed by atoms with van der Waals surface area (Å²) in [4.78, 5) is 7.85. The van der Waals surface area contributed by atoms with Crippen LogP contribution < -0.4 is 9.47 Å². The van der Waals surface area contributed by atoms with E-state index in [2.05, 4.69) is 9.97 Å². The molecule has 0 spiro atoms. The van der Waals surface area contributed by atoms with Crippen LogP contribution in [0.2, 0.25) is 5.02 Å². The Morgan fingerprint density at radius 3 is 2.50 bits per heavy atom. The molecule has 1 aromatic carbocycles. The molecule has 0 radical (unpaired) electrons. The molecule has 0 bridgehead atoms. The second-order valence-corrected chi connectivity index (χ2v) is 3.40. The van der Waals surface area contributed by atoms with Gasteiger partial charge in [0.15, 0.2) is 0 Å². The Morgan fingerprint density at radius 1 is 1.12 bits per heavy atom. The van der Waals surface area contributed by atoms with Gasteiger partial charge in [0, 0.05) is 6.07 Å². The van der Waals surface area contributed by atoms with E-state index in [1.54, 1.807) is 19.2 Å². The summed E-state index contributed by atoms with van der Waals surface area (Å²) in [6.07, 6.45) is 2.95. The van der Waals surface area contributed by atoms with Crippen LogP contribution in [-0.2, 0) is 0 Å². The van der Waals surface area contributed by atoms with Gasteiger partial charge < -0.3 is 9.47 Å². The minimum atomic E-state index is 0.248. The van der Waals surface area contributed by atoms with Crippen molar-refractivity contribution in [1.29, 1.82) is 0 Å². The maximum Gasteiger partial charge on any atom is 0.321 e.